The highest BCUT2D eigenvalue weighted by Gasteiger charge is 1.98. The molecule has 0 fully saturated rings. The van der Waals surface area contributed by atoms with Crippen molar-refractivity contribution in [3.8, 4) is 11.8 Å². The number of furan rings is 1. The van der Waals surface area contributed by atoms with Gasteiger partial charge in [-0.25, -0.2) is 0 Å². The summed E-state index contributed by atoms with van der Waals surface area (Å²) in [5, 5.41) is 1.10. The third-order valence-corrected chi connectivity index (χ3v) is 2.14. The molecule has 0 saturated carbocycles. The predicted molar refractivity (Wildman–Crippen MR) is 61.4 cm³/mol. The van der Waals surface area contributed by atoms with Crippen LogP contribution in [0.15, 0.2) is 34.7 Å². The summed E-state index contributed by atoms with van der Waals surface area (Å²) in [6.07, 6.45) is 1.76. The summed E-state index contributed by atoms with van der Waals surface area (Å²) in [6, 6.07) is 9.87. The number of unbranched alkanes of at least 4 members (excludes halogenated alkanes) is 1. The lowest BCUT2D eigenvalue weighted by molar-refractivity contribution is 0.601. The molecule has 2 N–H and O–H groups in total. The highest BCUT2D eigenvalue weighted by Crippen LogP contribution is 2.17. The fourth-order valence-electron chi connectivity index (χ4n) is 1.38. The van der Waals surface area contributed by atoms with Crippen LogP contribution < -0.4 is 5.73 Å². The van der Waals surface area contributed by atoms with E-state index in [1.165, 1.54) is 0 Å². The zero-order chi connectivity index (χ0) is 10.5. The van der Waals surface area contributed by atoms with Crippen LogP contribution in [0.1, 0.15) is 18.6 Å². The maximum absolute atomic E-state index is 5.54. The smallest absolute Gasteiger partial charge is 0.178 e. The maximum Gasteiger partial charge on any atom is 0.178 e. The molecule has 2 heteroatoms. The molecule has 1 aromatic carbocycles. The zero-order valence-corrected chi connectivity index (χ0v) is 8.49. The van der Waals surface area contributed by atoms with Gasteiger partial charge in [-0.1, -0.05) is 24.1 Å². The Morgan fingerprint density at radius 3 is 2.93 bits per heavy atom. The monoisotopic (exact) mass is 199 g/mol. The summed E-state index contributed by atoms with van der Waals surface area (Å²) in [5.74, 6) is 6.77. The van der Waals surface area contributed by atoms with Crippen LogP contribution in [-0.2, 0) is 0 Å². The lowest BCUT2D eigenvalue weighted by atomic mass is 10.2. The second-order valence-corrected chi connectivity index (χ2v) is 3.34. The first-order chi connectivity index (χ1) is 7.40. The Morgan fingerprint density at radius 2 is 2.13 bits per heavy atom. The van der Waals surface area contributed by atoms with Crippen LogP contribution in [0, 0.1) is 11.8 Å². The van der Waals surface area contributed by atoms with E-state index in [0.717, 1.165) is 29.6 Å². The summed E-state index contributed by atoms with van der Waals surface area (Å²) in [4.78, 5) is 0. The van der Waals surface area contributed by atoms with Crippen LogP contribution in [0.5, 0.6) is 0 Å². The summed E-state index contributed by atoms with van der Waals surface area (Å²) in [5.41, 5.74) is 6.27. The van der Waals surface area contributed by atoms with Gasteiger partial charge in [-0.15, -0.1) is 0 Å². The van der Waals surface area contributed by atoms with Gasteiger partial charge in [0.05, 0.1) is 0 Å². The van der Waals surface area contributed by atoms with Crippen molar-refractivity contribution in [2.24, 2.45) is 5.73 Å². The minimum atomic E-state index is 0.689. The van der Waals surface area contributed by atoms with E-state index in [2.05, 4.69) is 11.8 Å². The average Bonchev–Trinajstić information content (AvgIpc) is 2.67. The molecule has 15 heavy (non-hydrogen) atoms. The van der Waals surface area contributed by atoms with Crippen LogP contribution in [0.25, 0.3) is 11.0 Å². The summed E-state index contributed by atoms with van der Waals surface area (Å²) < 4.78 is 5.54. The second-order valence-electron chi connectivity index (χ2n) is 3.34. The zero-order valence-electron chi connectivity index (χ0n) is 8.49. The van der Waals surface area contributed by atoms with Gasteiger partial charge in [-0.3, -0.25) is 0 Å². The van der Waals surface area contributed by atoms with Crippen molar-refractivity contribution in [3.05, 3.63) is 36.1 Å². The topological polar surface area (TPSA) is 39.2 Å². The van der Waals surface area contributed by atoms with Crippen molar-refractivity contribution >= 4 is 11.0 Å². The van der Waals surface area contributed by atoms with E-state index in [0.29, 0.717) is 6.54 Å². The summed E-state index contributed by atoms with van der Waals surface area (Å²) in [7, 11) is 0. The van der Waals surface area contributed by atoms with Crippen LogP contribution in [0.3, 0.4) is 0 Å². The standard InChI is InChI=1S/C13H13NO/c14-9-5-1-2-7-12-10-11-6-3-4-8-13(11)15-12/h3-4,6,8,10H,1,5,9,14H2. The third kappa shape index (κ3) is 2.39. The molecule has 0 aliphatic heterocycles. The Bertz CT molecular complexity index is 469. The molecule has 76 valence electrons. The van der Waals surface area contributed by atoms with E-state index >= 15 is 0 Å². The van der Waals surface area contributed by atoms with Crippen molar-refractivity contribution in [2.45, 2.75) is 12.8 Å². The molecule has 0 spiro atoms. The Hall–Kier alpha value is -1.72. The molecular formula is C13H13NO. The highest BCUT2D eigenvalue weighted by molar-refractivity contribution is 5.78. The summed E-state index contributed by atoms with van der Waals surface area (Å²) in [6.45, 7) is 0.689. The third-order valence-electron chi connectivity index (χ3n) is 2.14. The second kappa shape index (κ2) is 4.68. The van der Waals surface area contributed by atoms with E-state index < -0.39 is 0 Å². The van der Waals surface area contributed by atoms with E-state index in [9.17, 15) is 0 Å². The first kappa shape index (κ1) is 9.82. The quantitative estimate of drug-likeness (QED) is 0.596. The van der Waals surface area contributed by atoms with Crippen molar-refractivity contribution in [2.75, 3.05) is 6.54 Å². The number of benzene rings is 1. The number of nitrogens with two attached hydrogens (primary N) is 1. The predicted octanol–water partition coefficient (Wildman–Crippen LogP) is 2.52. The molecule has 0 amide bonds. The van der Waals surface area contributed by atoms with Crippen LogP contribution in [0.2, 0.25) is 0 Å². The number of hydrogen-bond donors (Lipinski definition) is 1. The van der Waals surface area contributed by atoms with Gasteiger partial charge < -0.3 is 10.2 Å². The Balaban J connectivity index is 2.17. The van der Waals surface area contributed by atoms with Crippen molar-refractivity contribution in [3.63, 3.8) is 0 Å². The van der Waals surface area contributed by atoms with Crippen LogP contribution >= 0.6 is 0 Å². The number of para-hydroxylation sites is 1. The fraction of sp³-hybridized carbons (Fsp3) is 0.231. The van der Waals surface area contributed by atoms with Gasteiger partial charge in [0.25, 0.3) is 0 Å². The Labute approximate surface area is 89.1 Å². The Kier molecular flexibility index (Phi) is 3.06. The van der Waals surface area contributed by atoms with E-state index in [4.69, 9.17) is 10.2 Å². The van der Waals surface area contributed by atoms with Gasteiger partial charge >= 0.3 is 0 Å². The lowest BCUT2D eigenvalue weighted by Crippen LogP contribution is -1.96. The minimum Gasteiger partial charge on any atom is -0.448 e. The molecule has 0 unspecified atom stereocenters. The van der Waals surface area contributed by atoms with Gasteiger partial charge in [0.1, 0.15) is 5.58 Å². The van der Waals surface area contributed by atoms with E-state index in [1.54, 1.807) is 0 Å². The van der Waals surface area contributed by atoms with Gasteiger partial charge in [-0.2, -0.15) is 0 Å². The van der Waals surface area contributed by atoms with Crippen molar-refractivity contribution < 1.29 is 4.42 Å². The first-order valence-corrected chi connectivity index (χ1v) is 5.07. The minimum absolute atomic E-state index is 0.689. The number of rotatable bonds is 2. The molecule has 0 radical (unpaired) electrons. The van der Waals surface area contributed by atoms with Gasteiger partial charge in [0.15, 0.2) is 5.76 Å². The molecule has 1 heterocycles. The molecule has 2 aromatic rings. The molecule has 2 nitrogen and oxygen atoms in total. The van der Waals surface area contributed by atoms with E-state index in [1.807, 2.05) is 30.3 Å². The lowest BCUT2D eigenvalue weighted by Gasteiger charge is -1.84. The average molecular weight is 199 g/mol. The SMILES string of the molecule is NCCCC#Cc1cc2ccccc2o1. The van der Waals surface area contributed by atoms with Gasteiger partial charge in [0.2, 0.25) is 0 Å². The normalized spacial score (nSPS) is 9.93. The molecule has 0 bridgehead atoms. The van der Waals surface area contributed by atoms with E-state index in [-0.39, 0.29) is 0 Å². The maximum atomic E-state index is 5.54. The van der Waals surface area contributed by atoms with Crippen LogP contribution in [-0.4, -0.2) is 6.54 Å². The first-order valence-electron chi connectivity index (χ1n) is 5.07. The Morgan fingerprint density at radius 1 is 1.27 bits per heavy atom. The molecule has 2 rings (SSSR count). The number of hydrogen-bond acceptors (Lipinski definition) is 2. The van der Waals surface area contributed by atoms with Gasteiger partial charge in [-0.05, 0) is 25.0 Å². The highest BCUT2D eigenvalue weighted by atomic mass is 16.3. The summed E-state index contributed by atoms with van der Waals surface area (Å²) >= 11 is 0. The fourth-order valence-corrected chi connectivity index (χ4v) is 1.38. The van der Waals surface area contributed by atoms with Crippen LogP contribution in [0.4, 0.5) is 0 Å². The molecule has 0 atom stereocenters. The molecule has 0 aliphatic carbocycles. The van der Waals surface area contributed by atoms with Gasteiger partial charge in [0, 0.05) is 17.9 Å². The molecule has 0 saturated heterocycles. The molecular weight excluding hydrogens is 186 g/mol. The largest absolute Gasteiger partial charge is 0.448 e. The molecule has 1 aromatic heterocycles. The van der Waals surface area contributed by atoms with Crippen molar-refractivity contribution in [1.29, 1.82) is 0 Å². The number of fused-ring (bicyclic) bond motifs is 1. The molecule has 0 aliphatic rings. The van der Waals surface area contributed by atoms with Crippen molar-refractivity contribution in [1.82, 2.24) is 0 Å².